The van der Waals surface area contributed by atoms with Crippen LogP contribution in [0, 0.1) is 0 Å². The Morgan fingerprint density at radius 3 is 2.59 bits per heavy atom. The van der Waals surface area contributed by atoms with Crippen molar-refractivity contribution in [1.82, 2.24) is 10.6 Å². The van der Waals surface area contributed by atoms with Crippen molar-refractivity contribution in [2.75, 3.05) is 13.1 Å². The zero-order valence-corrected chi connectivity index (χ0v) is 14.9. The maximum absolute atomic E-state index is 12.0. The molecule has 2 aromatic rings. The van der Waals surface area contributed by atoms with Gasteiger partial charge >= 0.3 is 11.6 Å². The van der Waals surface area contributed by atoms with E-state index in [2.05, 4.69) is 10.6 Å². The Morgan fingerprint density at radius 2 is 1.93 bits per heavy atom. The van der Waals surface area contributed by atoms with E-state index in [1.54, 1.807) is 12.1 Å². The van der Waals surface area contributed by atoms with E-state index in [1.165, 1.54) is 19.1 Å². The van der Waals surface area contributed by atoms with Gasteiger partial charge in [0.15, 0.2) is 6.10 Å². The van der Waals surface area contributed by atoms with Gasteiger partial charge in [0.25, 0.3) is 5.91 Å². The highest BCUT2D eigenvalue weighted by molar-refractivity contribution is 5.88. The van der Waals surface area contributed by atoms with Gasteiger partial charge in [-0.25, -0.2) is 4.79 Å². The Kier molecular flexibility index (Phi) is 6.53. The van der Waals surface area contributed by atoms with Crippen molar-refractivity contribution >= 4 is 28.8 Å². The third kappa shape index (κ3) is 5.56. The normalized spacial score (nSPS) is 11.6. The number of hydrogen-bond donors (Lipinski definition) is 3. The number of fused-ring (bicyclic) bond motifs is 1. The third-order valence-electron chi connectivity index (χ3n) is 3.72. The minimum absolute atomic E-state index is 0.330. The van der Waals surface area contributed by atoms with Crippen LogP contribution in [0.2, 0.25) is 0 Å². The molecular weight excluding hydrogens is 356 g/mol. The van der Waals surface area contributed by atoms with Crippen LogP contribution in [0.4, 0.5) is 0 Å². The molecule has 1 heterocycles. The van der Waals surface area contributed by atoms with Crippen molar-refractivity contribution in [2.24, 2.45) is 0 Å². The summed E-state index contributed by atoms with van der Waals surface area (Å²) in [5.74, 6) is -2.03. The second kappa shape index (κ2) is 8.84. The molecule has 144 valence electrons. The van der Waals surface area contributed by atoms with Crippen LogP contribution in [0.3, 0.4) is 0 Å². The predicted octanol–water partition coefficient (Wildman–Crippen LogP) is 0.440. The lowest BCUT2D eigenvalue weighted by atomic mass is 10.1. The zero-order valence-electron chi connectivity index (χ0n) is 14.9. The number of carbonyl (C=O) groups excluding carboxylic acids is 2. The minimum Gasteiger partial charge on any atom is -0.481 e. The van der Waals surface area contributed by atoms with E-state index >= 15 is 0 Å². The Morgan fingerprint density at radius 1 is 1.19 bits per heavy atom. The molecule has 27 heavy (non-hydrogen) atoms. The molecule has 0 spiro atoms. The van der Waals surface area contributed by atoms with E-state index < -0.39 is 36.1 Å². The van der Waals surface area contributed by atoms with Gasteiger partial charge in [0, 0.05) is 17.5 Å². The lowest BCUT2D eigenvalue weighted by Crippen LogP contribution is -2.43. The Hall–Kier alpha value is -3.36. The van der Waals surface area contributed by atoms with Gasteiger partial charge < -0.3 is 24.9 Å². The summed E-state index contributed by atoms with van der Waals surface area (Å²) in [4.78, 5) is 45.4. The van der Waals surface area contributed by atoms with Gasteiger partial charge in [0.05, 0.1) is 6.54 Å². The molecule has 3 N–H and O–H groups in total. The molecule has 1 atom stereocenters. The average molecular weight is 376 g/mol. The van der Waals surface area contributed by atoms with Crippen molar-refractivity contribution < 1.29 is 28.6 Å². The summed E-state index contributed by atoms with van der Waals surface area (Å²) in [5, 5.41) is 13.7. The van der Waals surface area contributed by atoms with Gasteiger partial charge in [-0.2, -0.15) is 0 Å². The van der Waals surface area contributed by atoms with E-state index in [0.717, 1.165) is 10.9 Å². The Labute approximate surface area is 154 Å². The first-order valence-electron chi connectivity index (χ1n) is 8.29. The van der Waals surface area contributed by atoms with E-state index in [-0.39, 0.29) is 6.54 Å². The molecular formula is C18H20N2O7. The smallest absolute Gasteiger partial charge is 0.336 e. The number of rotatable bonds is 8. The fourth-order valence-electron chi connectivity index (χ4n) is 2.38. The first-order chi connectivity index (χ1) is 12.8. The zero-order chi connectivity index (χ0) is 20.0. The highest BCUT2D eigenvalue weighted by Gasteiger charge is 2.16. The number of carboxylic acids is 1. The van der Waals surface area contributed by atoms with Crippen LogP contribution in [-0.4, -0.2) is 42.1 Å². The van der Waals surface area contributed by atoms with Crippen molar-refractivity contribution in [3.63, 3.8) is 0 Å². The lowest BCUT2D eigenvalue weighted by Gasteiger charge is -2.15. The van der Waals surface area contributed by atoms with E-state index in [1.807, 2.05) is 6.92 Å². The van der Waals surface area contributed by atoms with Crippen molar-refractivity contribution in [3.8, 4) is 5.75 Å². The standard InChI is InChI=1S/C18H20N2O7/c1-3-11-6-17(24)27-14-7-12(4-5-13(11)14)26-10(2)18(25)20-8-15(21)19-9-16(22)23/h4-7,10H,3,8-9H2,1-2H3,(H,19,21)(H,20,25)(H,22,23)/t10-/m1/s1. The lowest BCUT2D eigenvalue weighted by molar-refractivity contribution is -0.137. The number of aryl methyl sites for hydroxylation is 1. The van der Waals surface area contributed by atoms with Crippen molar-refractivity contribution in [2.45, 2.75) is 26.4 Å². The SMILES string of the molecule is CCc1cc(=O)oc2cc(O[C@H](C)C(=O)NCC(=O)NCC(=O)O)ccc12. The number of carbonyl (C=O) groups is 3. The Bertz CT molecular complexity index is 920. The van der Waals surface area contributed by atoms with Crippen LogP contribution in [-0.2, 0) is 20.8 Å². The number of hydrogen-bond acceptors (Lipinski definition) is 6. The van der Waals surface area contributed by atoms with Gasteiger partial charge in [0.1, 0.15) is 17.9 Å². The van der Waals surface area contributed by atoms with Crippen LogP contribution in [0.1, 0.15) is 19.4 Å². The average Bonchev–Trinajstić information content (AvgIpc) is 2.63. The van der Waals surface area contributed by atoms with E-state index in [9.17, 15) is 19.2 Å². The second-order valence-corrected chi connectivity index (χ2v) is 5.75. The summed E-state index contributed by atoms with van der Waals surface area (Å²) in [7, 11) is 0. The summed E-state index contributed by atoms with van der Waals surface area (Å²) in [5.41, 5.74) is 0.748. The minimum atomic E-state index is -1.18. The van der Waals surface area contributed by atoms with Gasteiger partial charge in [0.2, 0.25) is 5.91 Å². The number of ether oxygens (including phenoxy) is 1. The topological polar surface area (TPSA) is 135 Å². The largest absolute Gasteiger partial charge is 0.481 e. The van der Waals surface area contributed by atoms with Crippen molar-refractivity contribution in [3.05, 3.63) is 40.2 Å². The fraction of sp³-hybridized carbons (Fsp3) is 0.333. The predicted molar refractivity (Wildman–Crippen MR) is 95.6 cm³/mol. The molecule has 9 nitrogen and oxygen atoms in total. The molecule has 0 saturated carbocycles. The van der Waals surface area contributed by atoms with Gasteiger partial charge in [-0.1, -0.05) is 6.92 Å². The quantitative estimate of drug-likeness (QED) is 0.569. The van der Waals surface area contributed by atoms with E-state index in [4.69, 9.17) is 14.3 Å². The summed E-state index contributed by atoms with van der Waals surface area (Å²) in [6.07, 6.45) is -0.249. The molecule has 0 saturated heterocycles. The molecule has 9 heteroatoms. The number of amides is 2. The molecule has 0 aliphatic rings. The highest BCUT2D eigenvalue weighted by Crippen LogP contribution is 2.23. The summed E-state index contributed by atoms with van der Waals surface area (Å²) in [6.45, 7) is 2.53. The highest BCUT2D eigenvalue weighted by atomic mass is 16.5. The van der Waals surface area contributed by atoms with Gasteiger partial charge in [-0.15, -0.1) is 0 Å². The molecule has 0 aliphatic carbocycles. The third-order valence-corrected chi connectivity index (χ3v) is 3.72. The molecule has 0 bridgehead atoms. The summed E-state index contributed by atoms with van der Waals surface area (Å²) < 4.78 is 10.7. The van der Waals surface area contributed by atoms with Crippen LogP contribution in [0.25, 0.3) is 11.0 Å². The number of benzene rings is 1. The van der Waals surface area contributed by atoms with Crippen LogP contribution in [0.15, 0.2) is 33.5 Å². The van der Waals surface area contributed by atoms with Crippen LogP contribution in [0.5, 0.6) is 5.75 Å². The molecule has 2 amide bonds. The number of aliphatic carboxylic acids is 1. The number of nitrogens with one attached hydrogen (secondary N) is 2. The Balaban J connectivity index is 1.99. The fourth-order valence-corrected chi connectivity index (χ4v) is 2.38. The van der Waals surface area contributed by atoms with Crippen LogP contribution < -0.4 is 21.0 Å². The second-order valence-electron chi connectivity index (χ2n) is 5.75. The molecule has 2 rings (SSSR count). The maximum atomic E-state index is 12.0. The summed E-state index contributed by atoms with van der Waals surface area (Å²) in [6, 6.07) is 6.37. The molecule has 0 aliphatic heterocycles. The summed E-state index contributed by atoms with van der Waals surface area (Å²) >= 11 is 0. The number of carboxylic acid groups (broad SMARTS) is 1. The molecule has 0 unspecified atom stereocenters. The molecule has 0 fully saturated rings. The molecule has 1 aromatic carbocycles. The van der Waals surface area contributed by atoms with Crippen LogP contribution >= 0.6 is 0 Å². The molecule has 0 radical (unpaired) electrons. The van der Waals surface area contributed by atoms with E-state index in [0.29, 0.717) is 17.8 Å². The molecule has 1 aromatic heterocycles. The van der Waals surface area contributed by atoms with Gasteiger partial charge in [-0.3, -0.25) is 14.4 Å². The maximum Gasteiger partial charge on any atom is 0.336 e. The van der Waals surface area contributed by atoms with Crippen molar-refractivity contribution in [1.29, 1.82) is 0 Å². The first kappa shape index (κ1) is 20.0. The van der Waals surface area contributed by atoms with Gasteiger partial charge in [-0.05, 0) is 31.0 Å². The monoisotopic (exact) mass is 376 g/mol. The first-order valence-corrected chi connectivity index (χ1v) is 8.29.